The van der Waals surface area contributed by atoms with Crippen LogP contribution in [-0.4, -0.2) is 21.2 Å². The van der Waals surface area contributed by atoms with Crippen molar-refractivity contribution in [1.82, 2.24) is 15.2 Å². The Kier molecular flexibility index (Phi) is 3.57. The van der Waals surface area contributed by atoms with Gasteiger partial charge in [-0.15, -0.1) is 10.2 Å². The number of halogens is 1. The van der Waals surface area contributed by atoms with Crippen LogP contribution in [0, 0.1) is 6.92 Å². The summed E-state index contributed by atoms with van der Waals surface area (Å²) in [5, 5.41) is 11.6. The number of hydrogen-bond donors (Lipinski definition) is 1. The first-order valence-electron chi connectivity index (χ1n) is 9.32. The van der Waals surface area contributed by atoms with E-state index in [1.807, 2.05) is 13.0 Å². The lowest BCUT2D eigenvalue weighted by Crippen LogP contribution is -2.68. The molecule has 6 heteroatoms. The fourth-order valence-electron chi connectivity index (χ4n) is 4.66. The summed E-state index contributed by atoms with van der Waals surface area (Å²) in [7, 11) is 0. The zero-order valence-corrected chi connectivity index (χ0v) is 15.2. The van der Waals surface area contributed by atoms with Gasteiger partial charge in [0.2, 0.25) is 11.8 Å². The van der Waals surface area contributed by atoms with Crippen molar-refractivity contribution in [3.63, 3.8) is 0 Å². The highest BCUT2D eigenvalue weighted by Gasteiger charge is 2.59. The molecule has 2 saturated carbocycles. The highest BCUT2D eigenvalue weighted by atomic mass is 35.5. The fraction of sp³-hybridized carbons (Fsp3) is 0.579. The number of hydrogen-bond acceptors (Lipinski definition) is 5. The Morgan fingerprint density at radius 3 is 2.80 bits per heavy atom. The van der Waals surface area contributed by atoms with Gasteiger partial charge in [0.05, 0.1) is 0 Å². The Balaban J connectivity index is 1.43. The Labute approximate surface area is 152 Å². The second-order valence-electron chi connectivity index (χ2n) is 7.75. The smallest absolute Gasteiger partial charge is 0.238 e. The van der Waals surface area contributed by atoms with Gasteiger partial charge < -0.3 is 9.84 Å². The molecule has 5 rings (SSSR count). The standard InChI is InChI=1S/C19H23ClN4O/c1-12-21-22-18(25-12)19-9-3-6-15(11-19)24(19)23-14-7-8-17(20)16(10-14)13-4-2-5-13/h7-8,10,13,15,23H,2-6,9,11H2,1H3/t15-,19+/m1/s1. The van der Waals surface area contributed by atoms with Gasteiger partial charge in [0, 0.05) is 23.7 Å². The minimum absolute atomic E-state index is 0.152. The lowest BCUT2D eigenvalue weighted by molar-refractivity contribution is -0.115. The van der Waals surface area contributed by atoms with Gasteiger partial charge in [0.25, 0.3) is 0 Å². The molecule has 3 aliphatic rings. The molecule has 1 aromatic carbocycles. The van der Waals surface area contributed by atoms with Gasteiger partial charge in [-0.25, -0.2) is 5.01 Å². The Bertz CT molecular complexity index is 798. The van der Waals surface area contributed by atoms with Crippen LogP contribution in [0.15, 0.2) is 22.6 Å². The van der Waals surface area contributed by atoms with Gasteiger partial charge in [-0.3, -0.25) is 0 Å². The Morgan fingerprint density at radius 2 is 2.12 bits per heavy atom. The molecule has 0 amide bonds. The van der Waals surface area contributed by atoms with Crippen LogP contribution in [-0.2, 0) is 5.54 Å². The number of nitrogens with zero attached hydrogens (tertiary/aromatic N) is 3. The fourth-order valence-corrected chi connectivity index (χ4v) is 4.94. The maximum Gasteiger partial charge on any atom is 0.238 e. The maximum atomic E-state index is 6.44. The highest BCUT2D eigenvalue weighted by molar-refractivity contribution is 6.31. The van der Waals surface area contributed by atoms with Gasteiger partial charge in [0.1, 0.15) is 5.54 Å². The number of hydrazine groups is 1. The van der Waals surface area contributed by atoms with E-state index in [9.17, 15) is 0 Å². The zero-order chi connectivity index (χ0) is 17.0. The van der Waals surface area contributed by atoms with E-state index >= 15 is 0 Å². The Hall–Kier alpha value is -1.59. The molecule has 0 radical (unpaired) electrons. The van der Waals surface area contributed by atoms with E-state index < -0.39 is 0 Å². The molecule has 1 aliphatic heterocycles. The van der Waals surface area contributed by atoms with Gasteiger partial charge in [-0.2, -0.15) is 0 Å². The summed E-state index contributed by atoms with van der Waals surface area (Å²) < 4.78 is 5.81. The third-order valence-electron chi connectivity index (χ3n) is 6.24. The molecular formula is C19H23ClN4O. The number of fused-ring (bicyclic) bond motifs is 2. The summed E-state index contributed by atoms with van der Waals surface area (Å²) in [5.74, 6) is 2.01. The summed E-state index contributed by atoms with van der Waals surface area (Å²) in [5.41, 5.74) is 5.89. The van der Waals surface area contributed by atoms with Crippen molar-refractivity contribution in [1.29, 1.82) is 0 Å². The quantitative estimate of drug-likeness (QED) is 0.852. The lowest BCUT2D eigenvalue weighted by atomic mass is 9.69. The molecule has 25 heavy (non-hydrogen) atoms. The molecule has 2 atom stereocenters. The van der Waals surface area contributed by atoms with Crippen LogP contribution in [0.2, 0.25) is 5.02 Å². The number of aromatic nitrogens is 2. The summed E-state index contributed by atoms with van der Waals surface area (Å²) in [6.45, 7) is 1.86. The summed E-state index contributed by atoms with van der Waals surface area (Å²) in [6, 6.07) is 6.86. The third-order valence-corrected chi connectivity index (χ3v) is 6.59. The molecule has 2 aromatic rings. The van der Waals surface area contributed by atoms with E-state index in [-0.39, 0.29) is 5.54 Å². The molecule has 0 spiro atoms. The van der Waals surface area contributed by atoms with Crippen LogP contribution < -0.4 is 5.43 Å². The number of nitrogens with one attached hydrogen (secondary N) is 1. The van der Waals surface area contributed by atoms with Crippen molar-refractivity contribution < 1.29 is 4.42 Å². The van der Waals surface area contributed by atoms with E-state index in [2.05, 4.69) is 32.8 Å². The normalized spacial score (nSPS) is 29.1. The number of benzene rings is 1. The molecule has 2 heterocycles. The van der Waals surface area contributed by atoms with E-state index in [1.165, 1.54) is 37.7 Å². The van der Waals surface area contributed by atoms with Crippen molar-refractivity contribution in [3.8, 4) is 0 Å². The van der Waals surface area contributed by atoms with Crippen LogP contribution in [0.1, 0.15) is 68.2 Å². The van der Waals surface area contributed by atoms with Crippen LogP contribution in [0.3, 0.4) is 0 Å². The Morgan fingerprint density at radius 1 is 1.24 bits per heavy atom. The van der Waals surface area contributed by atoms with Gasteiger partial charge in [0.15, 0.2) is 0 Å². The zero-order valence-electron chi connectivity index (χ0n) is 14.5. The summed E-state index contributed by atoms with van der Waals surface area (Å²) in [6.07, 6.45) is 8.38. The van der Waals surface area contributed by atoms with E-state index in [0.29, 0.717) is 17.9 Å². The van der Waals surface area contributed by atoms with Crippen LogP contribution in [0.25, 0.3) is 0 Å². The van der Waals surface area contributed by atoms with Crippen molar-refractivity contribution in [2.24, 2.45) is 0 Å². The first-order valence-corrected chi connectivity index (χ1v) is 9.69. The predicted molar refractivity (Wildman–Crippen MR) is 96.5 cm³/mol. The van der Waals surface area contributed by atoms with Crippen LogP contribution >= 0.6 is 11.6 Å². The van der Waals surface area contributed by atoms with Gasteiger partial charge in [-0.1, -0.05) is 18.0 Å². The molecular weight excluding hydrogens is 336 g/mol. The second kappa shape index (κ2) is 5.71. The van der Waals surface area contributed by atoms with E-state index in [0.717, 1.165) is 29.4 Å². The van der Waals surface area contributed by atoms with Crippen LogP contribution in [0.5, 0.6) is 0 Å². The monoisotopic (exact) mass is 358 g/mol. The first-order chi connectivity index (χ1) is 12.2. The van der Waals surface area contributed by atoms with Crippen molar-refractivity contribution >= 4 is 17.3 Å². The van der Waals surface area contributed by atoms with Crippen molar-refractivity contribution in [2.45, 2.75) is 69.4 Å². The molecule has 2 bridgehead atoms. The molecule has 5 nitrogen and oxygen atoms in total. The van der Waals surface area contributed by atoms with Gasteiger partial charge >= 0.3 is 0 Å². The maximum absolute atomic E-state index is 6.44. The number of anilines is 1. The minimum atomic E-state index is -0.152. The minimum Gasteiger partial charge on any atom is -0.423 e. The molecule has 1 N–H and O–H groups in total. The second-order valence-corrected chi connectivity index (χ2v) is 8.16. The highest BCUT2D eigenvalue weighted by Crippen LogP contribution is 2.53. The first kappa shape index (κ1) is 15.6. The van der Waals surface area contributed by atoms with Crippen molar-refractivity contribution in [2.75, 3.05) is 5.43 Å². The van der Waals surface area contributed by atoms with Crippen molar-refractivity contribution in [3.05, 3.63) is 40.6 Å². The molecule has 132 valence electrons. The molecule has 2 aliphatic carbocycles. The van der Waals surface area contributed by atoms with Crippen LogP contribution in [0.4, 0.5) is 5.69 Å². The molecule has 0 unspecified atom stereocenters. The number of rotatable bonds is 4. The van der Waals surface area contributed by atoms with E-state index in [4.69, 9.17) is 16.0 Å². The molecule has 3 fully saturated rings. The number of piperidine rings is 1. The largest absolute Gasteiger partial charge is 0.423 e. The molecule has 1 aromatic heterocycles. The summed E-state index contributed by atoms with van der Waals surface area (Å²) >= 11 is 6.44. The van der Waals surface area contributed by atoms with Gasteiger partial charge in [-0.05, 0) is 68.2 Å². The molecule has 1 saturated heterocycles. The predicted octanol–water partition coefficient (Wildman–Crippen LogP) is 4.78. The average molecular weight is 359 g/mol. The third kappa shape index (κ3) is 2.40. The lowest BCUT2D eigenvalue weighted by Gasteiger charge is -2.59. The van der Waals surface area contributed by atoms with E-state index in [1.54, 1.807) is 0 Å². The number of aryl methyl sites for hydroxylation is 1. The topological polar surface area (TPSA) is 54.2 Å². The summed E-state index contributed by atoms with van der Waals surface area (Å²) in [4.78, 5) is 0. The average Bonchev–Trinajstić information content (AvgIpc) is 3.01. The SMILES string of the molecule is Cc1nnc([C@]23CCC[C@H](C2)N3Nc2ccc(Cl)c(C3CCC3)c2)o1.